The van der Waals surface area contributed by atoms with Gasteiger partial charge in [-0.2, -0.15) is 8.78 Å². The highest BCUT2D eigenvalue weighted by Gasteiger charge is 2.20. The van der Waals surface area contributed by atoms with Crippen LogP contribution >= 0.6 is 24.0 Å². The average molecular weight is 453 g/mol. The van der Waals surface area contributed by atoms with Gasteiger partial charge in [0.25, 0.3) is 0 Å². The van der Waals surface area contributed by atoms with E-state index in [1.807, 2.05) is 18.9 Å². The molecule has 136 valence electrons. The molecule has 0 unspecified atom stereocenters. The Hall–Kier alpha value is -1.12. The van der Waals surface area contributed by atoms with Crippen molar-refractivity contribution in [2.24, 2.45) is 10.9 Å². The summed E-state index contributed by atoms with van der Waals surface area (Å²) in [5.41, 5.74) is 1.02. The summed E-state index contributed by atoms with van der Waals surface area (Å²) in [6.07, 6.45) is 3.84. The lowest BCUT2D eigenvalue weighted by Gasteiger charge is -2.22. The molecule has 7 heteroatoms. The largest absolute Gasteiger partial charge is 0.435 e. The Balaban J connectivity index is 0.00000288. The van der Waals surface area contributed by atoms with E-state index in [1.54, 1.807) is 24.3 Å². The summed E-state index contributed by atoms with van der Waals surface area (Å²) in [6.45, 7) is 1.57. The van der Waals surface area contributed by atoms with E-state index in [4.69, 9.17) is 0 Å². The fourth-order valence-electron chi connectivity index (χ4n) is 2.35. The molecule has 0 atom stereocenters. The zero-order chi connectivity index (χ0) is 16.7. The fraction of sp³-hybridized carbons (Fsp3) is 0.588. The lowest BCUT2D eigenvalue weighted by atomic mass is 10.2. The van der Waals surface area contributed by atoms with Crippen LogP contribution in [0.5, 0.6) is 5.75 Å². The van der Waals surface area contributed by atoms with Crippen molar-refractivity contribution in [3.63, 3.8) is 0 Å². The van der Waals surface area contributed by atoms with Crippen LogP contribution in [-0.2, 0) is 6.54 Å². The van der Waals surface area contributed by atoms with Crippen LogP contribution in [0.15, 0.2) is 29.3 Å². The van der Waals surface area contributed by atoms with Crippen LogP contribution in [0.3, 0.4) is 0 Å². The molecule has 0 aliphatic heterocycles. The number of hydrogen-bond donors (Lipinski definition) is 1. The number of halogens is 3. The molecule has 1 saturated carbocycles. The maximum absolute atomic E-state index is 12.1. The van der Waals surface area contributed by atoms with Gasteiger partial charge in [-0.05, 0) is 37.0 Å². The monoisotopic (exact) mass is 453 g/mol. The summed E-state index contributed by atoms with van der Waals surface area (Å²) in [4.78, 5) is 6.70. The smallest absolute Gasteiger partial charge is 0.387 e. The van der Waals surface area contributed by atoms with Crippen LogP contribution < -0.4 is 10.1 Å². The van der Waals surface area contributed by atoms with E-state index in [2.05, 4.69) is 15.0 Å². The molecule has 1 aromatic carbocycles. The highest BCUT2D eigenvalue weighted by Crippen LogP contribution is 2.32. The number of nitrogens with zero attached hydrogens (tertiary/aromatic N) is 2. The second kappa shape index (κ2) is 10.7. The van der Waals surface area contributed by atoms with Crippen LogP contribution in [0.4, 0.5) is 8.78 Å². The molecular weight excluding hydrogens is 427 g/mol. The van der Waals surface area contributed by atoms with Crippen molar-refractivity contribution in [1.82, 2.24) is 10.2 Å². The van der Waals surface area contributed by atoms with Gasteiger partial charge < -0.3 is 15.0 Å². The van der Waals surface area contributed by atoms with E-state index in [0.717, 1.165) is 37.0 Å². The second-order valence-electron chi connectivity index (χ2n) is 5.85. The third kappa shape index (κ3) is 7.63. The number of ether oxygens (including phenoxy) is 1. The number of nitrogens with one attached hydrogen (secondary N) is 1. The van der Waals surface area contributed by atoms with Crippen molar-refractivity contribution in [2.45, 2.75) is 39.3 Å². The van der Waals surface area contributed by atoms with E-state index in [9.17, 15) is 8.78 Å². The maximum atomic E-state index is 12.1. The first-order valence-corrected chi connectivity index (χ1v) is 8.11. The SMILES string of the molecule is CCNC(=NCCC1CC1)N(C)Cc1ccc(OC(F)F)cc1.I. The number of rotatable bonds is 8. The molecule has 1 N–H and O–H groups in total. The Bertz CT molecular complexity index is 507. The highest BCUT2D eigenvalue weighted by molar-refractivity contribution is 14.0. The summed E-state index contributed by atoms with van der Waals surface area (Å²) in [5.74, 6) is 1.92. The summed E-state index contributed by atoms with van der Waals surface area (Å²) in [5, 5.41) is 3.29. The van der Waals surface area contributed by atoms with Gasteiger partial charge in [-0.3, -0.25) is 4.99 Å². The van der Waals surface area contributed by atoms with E-state index in [-0.39, 0.29) is 29.7 Å². The maximum Gasteiger partial charge on any atom is 0.387 e. The Morgan fingerprint density at radius 2 is 2.00 bits per heavy atom. The molecule has 0 aromatic heterocycles. The molecule has 0 bridgehead atoms. The molecule has 2 rings (SSSR count). The van der Waals surface area contributed by atoms with E-state index >= 15 is 0 Å². The average Bonchev–Trinajstić information content (AvgIpc) is 3.32. The Kier molecular flexibility index (Phi) is 9.31. The molecule has 1 aliphatic carbocycles. The molecule has 0 heterocycles. The zero-order valence-electron chi connectivity index (χ0n) is 14.2. The molecular formula is C17H26F2IN3O. The minimum absolute atomic E-state index is 0. The van der Waals surface area contributed by atoms with Crippen molar-refractivity contribution in [2.75, 3.05) is 20.1 Å². The Morgan fingerprint density at radius 3 is 2.54 bits per heavy atom. The van der Waals surface area contributed by atoms with Crippen LogP contribution in [-0.4, -0.2) is 37.6 Å². The predicted molar refractivity (Wildman–Crippen MR) is 103 cm³/mol. The van der Waals surface area contributed by atoms with Crippen LogP contribution in [0.1, 0.15) is 31.7 Å². The minimum atomic E-state index is -2.79. The lowest BCUT2D eigenvalue weighted by Crippen LogP contribution is -2.38. The molecule has 1 fully saturated rings. The first-order chi connectivity index (χ1) is 11.1. The third-order valence-corrected chi connectivity index (χ3v) is 3.76. The molecule has 24 heavy (non-hydrogen) atoms. The Morgan fingerprint density at radius 1 is 1.33 bits per heavy atom. The molecule has 0 saturated heterocycles. The van der Waals surface area contributed by atoms with Crippen LogP contribution in [0, 0.1) is 5.92 Å². The normalized spacial score (nSPS) is 14.3. The molecule has 0 radical (unpaired) electrons. The van der Waals surface area contributed by atoms with Gasteiger partial charge in [-0.1, -0.05) is 25.0 Å². The van der Waals surface area contributed by atoms with Crippen molar-refractivity contribution >= 4 is 29.9 Å². The van der Waals surface area contributed by atoms with Crippen LogP contribution in [0.2, 0.25) is 0 Å². The van der Waals surface area contributed by atoms with Gasteiger partial charge >= 0.3 is 6.61 Å². The molecule has 1 aromatic rings. The summed E-state index contributed by atoms with van der Waals surface area (Å²) in [6, 6.07) is 6.71. The number of alkyl halides is 2. The van der Waals surface area contributed by atoms with E-state index in [0.29, 0.717) is 6.54 Å². The quantitative estimate of drug-likeness (QED) is 0.366. The standard InChI is InChI=1S/C17H25F2N3O.HI/c1-3-20-17(21-11-10-13-4-5-13)22(2)12-14-6-8-15(9-7-14)23-16(18)19;/h6-9,13,16H,3-5,10-12H2,1-2H3,(H,20,21);1H. The van der Waals surface area contributed by atoms with E-state index < -0.39 is 6.61 Å². The predicted octanol–water partition coefficient (Wildman–Crippen LogP) is 4.10. The topological polar surface area (TPSA) is 36.9 Å². The lowest BCUT2D eigenvalue weighted by molar-refractivity contribution is -0.0498. The number of hydrogen-bond acceptors (Lipinski definition) is 2. The van der Waals surface area contributed by atoms with Gasteiger partial charge in [0.15, 0.2) is 5.96 Å². The summed E-state index contributed by atoms with van der Waals surface area (Å²) >= 11 is 0. The van der Waals surface area contributed by atoms with Crippen molar-refractivity contribution in [3.05, 3.63) is 29.8 Å². The van der Waals surface area contributed by atoms with Gasteiger partial charge in [-0.15, -0.1) is 24.0 Å². The Labute approximate surface area is 159 Å². The van der Waals surface area contributed by atoms with Gasteiger partial charge in [0.1, 0.15) is 5.75 Å². The third-order valence-electron chi connectivity index (χ3n) is 3.76. The second-order valence-corrected chi connectivity index (χ2v) is 5.85. The van der Waals surface area contributed by atoms with Crippen molar-refractivity contribution in [3.8, 4) is 5.75 Å². The first kappa shape index (κ1) is 20.9. The number of benzene rings is 1. The van der Waals surface area contributed by atoms with Crippen LogP contribution in [0.25, 0.3) is 0 Å². The first-order valence-electron chi connectivity index (χ1n) is 8.11. The summed E-state index contributed by atoms with van der Waals surface area (Å²) < 4.78 is 28.7. The fourth-order valence-corrected chi connectivity index (χ4v) is 2.35. The number of aliphatic imine (C=N–C) groups is 1. The van der Waals surface area contributed by atoms with Gasteiger partial charge in [0.2, 0.25) is 0 Å². The van der Waals surface area contributed by atoms with Crippen molar-refractivity contribution < 1.29 is 13.5 Å². The van der Waals surface area contributed by atoms with E-state index in [1.165, 1.54) is 12.8 Å². The van der Waals surface area contributed by atoms with Crippen molar-refractivity contribution in [1.29, 1.82) is 0 Å². The van der Waals surface area contributed by atoms with Gasteiger partial charge in [0, 0.05) is 26.7 Å². The zero-order valence-corrected chi connectivity index (χ0v) is 16.5. The van der Waals surface area contributed by atoms with Gasteiger partial charge in [-0.25, -0.2) is 0 Å². The van der Waals surface area contributed by atoms with Gasteiger partial charge in [0.05, 0.1) is 0 Å². The molecule has 4 nitrogen and oxygen atoms in total. The molecule has 1 aliphatic rings. The highest BCUT2D eigenvalue weighted by atomic mass is 127. The molecule has 0 amide bonds. The number of guanidine groups is 1. The minimum Gasteiger partial charge on any atom is -0.435 e. The molecule has 0 spiro atoms. The summed E-state index contributed by atoms with van der Waals surface area (Å²) in [7, 11) is 1.97.